The smallest absolute Gasteiger partial charge is 0.309 e. The Morgan fingerprint density at radius 3 is 2.30 bits per heavy atom. The second-order valence-electron chi connectivity index (χ2n) is 4.08. The molecule has 0 fully saturated rings. The Bertz CT molecular complexity index is 530. The summed E-state index contributed by atoms with van der Waals surface area (Å²) >= 11 is -0.0818. The number of benzene rings is 1. The van der Waals surface area contributed by atoms with Crippen molar-refractivity contribution in [1.29, 1.82) is 0 Å². The molecule has 1 rings (SSSR count). The summed E-state index contributed by atoms with van der Waals surface area (Å²) in [7, 11) is -3.73. The second-order valence-corrected chi connectivity index (χ2v) is 6.81. The van der Waals surface area contributed by atoms with Crippen molar-refractivity contribution in [2.75, 3.05) is 12.3 Å². The zero-order valence-corrected chi connectivity index (χ0v) is 12.3. The first kappa shape index (κ1) is 17.3. The number of rotatable bonds is 6. The molecule has 0 aliphatic heterocycles. The van der Waals surface area contributed by atoms with Crippen molar-refractivity contribution in [3.05, 3.63) is 29.8 Å². The third-order valence-electron chi connectivity index (χ3n) is 2.53. The first-order valence-electron chi connectivity index (χ1n) is 5.66. The lowest BCUT2D eigenvalue weighted by atomic mass is 10.1. The number of hydrogen-bond acceptors (Lipinski definition) is 4. The lowest BCUT2D eigenvalue weighted by Gasteiger charge is -2.14. The monoisotopic (exact) mass is 328 g/mol. The summed E-state index contributed by atoms with van der Waals surface area (Å²) in [5.41, 5.74) is -3.45. The van der Waals surface area contributed by atoms with Crippen LogP contribution >= 0.6 is 11.8 Å². The topological polar surface area (TPSA) is 72.2 Å². The van der Waals surface area contributed by atoms with Crippen LogP contribution < -0.4 is 10.5 Å². The summed E-state index contributed by atoms with van der Waals surface area (Å²) in [5.74, 6) is -0.0803. The molecule has 9 heteroatoms. The first-order valence-corrected chi connectivity index (χ1v) is 8.19. The quantitative estimate of drug-likeness (QED) is 0.786. The van der Waals surface area contributed by atoms with Gasteiger partial charge in [-0.1, -0.05) is 12.1 Å². The highest BCUT2D eigenvalue weighted by Gasteiger charge is 2.27. The van der Waals surface area contributed by atoms with Crippen LogP contribution in [0.3, 0.4) is 0 Å². The van der Waals surface area contributed by atoms with Gasteiger partial charge in [0.15, 0.2) is 0 Å². The molecule has 3 N–H and O–H groups in total. The van der Waals surface area contributed by atoms with E-state index in [4.69, 9.17) is 5.14 Å². The highest BCUT2D eigenvalue weighted by atomic mass is 32.2. The van der Waals surface area contributed by atoms with Crippen LogP contribution in [0.2, 0.25) is 0 Å². The van der Waals surface area contributed by atoms with Gasteiger partial charge in [0.2, 0.25) is 10.0 Å². The van der Waals surface area contributed by atoms with Crippen LogP contribution in [0, 0.1) is 0 Å². The molecule has 0 aliphatic rings. The first-order chi connectivity index (χ1) is 9.09. The summed E-state index contributed by atoms with van der Waals surface area (Å²) in [5, 5.41) is 7.90. The lowest BCUT2D eigenvalue weighted by molar-refractivity contribution is -0.0327. The standard InChI is InChI=1S/C11H15F3N2O2S2/c1-8(16-6-7-19-11(12,13)14)9-2-4-10(5-3-9)20(15,17)18/h2-5,8,16H,6-7H2,1H3,(H2,15,17,18). The van der Waals surface area contributed by atoms with Gasteiger partial charge in [-0.05, 0) is 36.4 Å². The molecule has 0 aromatic heterocycles. The number of thioether (sulfide) groups is 1. The highest BCUT2D eigenvalue weighted by Crippen LogP contribution is 2.29. The molecule has 4 nitrogen and oxygen atoms in total. The van der Waals surface area contributed by atoms with Crippen LogP contribution in [-0.2, 0) is 10.0 Å². The van der Waals surface area contributed by atoms with E-state index in [1.807, 2.05) is 0 Å². The third kappa shape index (κ3) is 6.12. The van der Waals surface area contributed by atoms with E-state index >= 15 is 0 Å². The molecule has 0 bridgehead atoms. The summed E-state index contributed by atoms with van der Waals surface area (Å²) in [6.45, 7) is 1.98. The molecule has 0 aliphatic carbocycles. The Morgan fingerprint density at radius 1 is 1.30 bits per heavy atom. The van der Waals surface area contributed by atoms with Gasteiger partial charge in [0.1, 0.15) is 0 Å². The molecule has 0 saturated heterocycles. The van der Waals surface area contributed by atoms with Crippen molar-refractivity contribution in [2.24, 2.45) is 5.14 Å². The largest absolute Gasteiger partial charge is 0.441 e. The minimum Gasteiger partial charge on any atom is -0.309 e. The minimum atomic E-state index is -4.22. The molecule has 114 valence electrons. The number of halogens is 3. The lowest BCUT2D eigenvalue weighted by Crippen LogP contribution is -2.22. The van der Waals surface area contributed by atoms with Crippen molar-refractivity contribution in [2.45, 2.75) is 23.4 Å². The maximum atomic E-state index is 11.9. The van der Waals surface area contributed by atoms with E-state index in [1.165, 1.54) is 12.1 Å². The number of sulfonamides is 1. The van der Waals surface area contributed by atoms with E-state index in [-0.39, 0.29) is 35.0 Å². The summed E-state index contributed by atoms with van der Waals surface area (Å²) in [6.07, 6.45) is 0. The maximum Gasteiger partial charge on any atom is 0.441 e. The zero-order chi connectivity index (χ0) is 15.4. The number of hydrogen-bond donors (Lipinski definition) is 2. The molecule has 0 amide bonds. The average Bonchev–Trinajstić information content (AvgIpc) is 2.32. The van der Waals surface area contributed by atoms with Crippen molar-refractivity contribution in [3.8, 4) is 0 Å². The van der Waals surface area contributed by atoms with Gasteiger partial charge in [-0.2, -0.15) is 13.2 Å². The molecular weight excluding hydrogens is 313 g/mol. The van der Waals surface area contributed by atoms with E-state index in [0.29, 0.717) is 0 Å². The number of nitrogens with one attached hydrogen (secondary N) is 1. The van der Waals surface area contributed by atoms with Crippen LogP contribution in [0.1, 0.15) is 18.5 Å². The molecule has 1 aromatic rings. The van der Waals surface area contributed by atoms with Crippen LogP contribution in [-0.4, -0.2) is 26.2 Å². The van der Waals surface area contributed by atoms with Crippen molar-refractivity contribution in [1.82, 2.24) is 5.32 Å². The fourth-order valence-electron chi connectivity index (χ4n) is 1.51. The van der Waals surface area contributed by atoms with Gasteiger partial charge in [0, 0.05) is 18.3 Å². The molecule has 0 spiro atoms. The predicted molar refractivity (Wildman–Crippen MR) is 72.7 cm³/mol. The van der Waals surface area contributed by atoms with Crippen LogP contribution in [0.4, 0.5) is 13.2 Å². The third-order valence-corrected chi connectivity index (χ3v) is 4.19. The van der Waals surface area contributed by atoms with E-state index in [0.717, 1.165) is 5.56 Å². The molecule has 1 atom stereocenters. The predicted octanol–water partition coefficient (Wildman–Crippen LogP) is 2.24. The average molecular weight is 328 g/mol. The number of nitrogens with two attached hydrogens (primary N) is 1. The maximum absolute atomic E-state index is 11.9. The van der Waals surface area contributed by atoms with Gasteiger partial charge in [0.05, 0.1) is 4.90 Å². The van der Waals surface area contributed by atoms with E-state index in [1.54, 1.807) is 19.1 Å². The van der Waals surface area contributed by atoms with Gasteiger partial charge in [-0.3, -0.25) is 0 Å². The van der Waals surface area contributed by atoms with Crippen LogP contribution in [0.5, 0.6) is 0 Å². The van der Waals surface area contributed by atoms with E-state index in [9.17, 15) is 21.6 Å². The fourth-order valence-corrected chi connectivity index (χ4v) is 2.47. The van der Waals surface area contributed by atoms with Gasteiger partial charge < -0.3 is 5.32 Å². The number of primary sulfonamides is 1. The Hall–Kier alpha value is -0.770. The molecule has 1 unspecified atom stereocenters. The van der Waals surface area contributed by atoms with Gasteiger partial charge in [0.25, 0.3) is 0 Å². The molecule has 0 saturated carbocycles. The highest BCUT2D eigenvalue weighted by molar-refractivity contribution is 8.00. The van der Waals surface area contributed by atoms with Crippen LogP contribution in [0.25, 0.3) is 0 Å². The van der Waals surface area contributed by atoms with Gasteiger partial charge in [-0.15, -0.1) is 0 Å². The second kappa shape index (κ2) is 6.79. The van der Waals surface area contributed by atoms with Crippen LogP contribution in [0.15, 0.2) is 29.2 Å². The Morgan fingerprint density at radius 2 is 1.85 bits per heavy atom. The molecular formula is C11H15F3N2O2S2. The van der Waals surface area contributed by atoms with Gasteiger partial charge in [-0.25, -0.2) is 13.6 Å². The fraction of sp³-hybridized carbons (Fsp3) is 0.455. The zero-order valence-electron chi connectivity index (χ0n) is 10.6. The van der Waals surface area contributed by atoms with Crippen molar-refractivity contribution in [3.63, 3.8) is 0 Å². The molecule has 20 heavy (non-hydrogen) atoms. The Labute approximate surface area is 120 Å². The SMILES string of the molecule is CC(NCCSC(F)(F)F)c1ccc(S(N)(=O)=O)cc1. The Balaban J connectivity index is 2.50. The summed E-state index contributed by atoms with van der Waals surface area (Å²) in [6, 6.07) is 5.71. The summed E-state index contributed by atoms with van der Waals surface area (Å²) < 4.78 is 57.9. The van der Waals surface area contributed by atoms with E-state index < -0.39 is 15.5 Å². The van der Waals surface area contributed by atoms with Crippen molar-refractivity contribution < 1.29 is 21.6 Å². The molecule has 0 radical (unpaired) electrons. The molecule has 1 aromatic carbocycles. The normalized spacial score (nSPS) is 14.2. The molecule has 0 heterocycles. The summed E-state index contributed by atoms with van der Waals surface area (Å²) in [4.78, 5) is 0.000997. The van der Waals surface area contributed by atoms with E-state index in [2.05, 4.69) is 5.32 Å². The minimum absolute atomic E-state index is 0.000997. The van der Waals surface area contributed by atoms with Gasteiger partial charge >= 0.3 is 5.51 Å². The van der Waals surface area contributed by atoms with Crippen molar-refractivity contribution >= 4 is 21.8 Å². The Kier molecular flexibility index (Phi) is 5.87. The number of alkyl halides is 3.